The van der Waals surface area contributed by atoms with Crippen molar-refractivity contribution in [1.82, 2.24) is 0 Å². The summed E-state index contributed by atoms with van der Waals surface area (Å²) in [7, 11) is 0. The lowest BCUT2D eigenvalue weighted by Crippen LogP contribution is -2.21. The van der Waals surface area contributed by atoms with Crippen LogP contribution in [0.3, 0.4) is 0 Å². The minimum Gasteiger partial charge on any atom is -0.542 e. The predicted molar refractivity (Wildman–Crippen MR) is 53.2 cm³/mol. The fourth-order valence-electron chi connectivity index (χ4n) is 1.32. The van der Waals surface area contributed by atoms with Gasteiger partial charge in [0.2, 0.25) is 0 Å². The Bertz CT molecular complexity index is 480. The number of hydrogen-bond acceptors (Lipinski definition) is 3. The molecule has 1 heterocycles. The lowest BCUT2D eigenvalue weighted by Gasteiger charge is -1.98. The average molecular weight is 201 g/mol. The topological polar surface area (TPSA) is 53.3 Å². The van der Waals surface area contributed by atoms with Gasteiger partial charge < -0.3 is 14.3 Å². The van der Waals surface area contributed by atoms with E-state index in [4.69, 9.17) is 4.42 Å². The van der Waals surface area contributed by atoms with Crippen LogP contribution < -0.4 is 5.11 Å². The molecule has 0 radical (unpaired) electrons. The third-order valence-electron chi connectivity index (χ3n) is 2.14. The number of furan rings is 1. The lowest BCUT2D eigenvalue weighted by atomic mass is 10.1. The highest BCUT2D eigenvalue weighted by Gasteiger charge is 2.04. The maximum Gasteiger partial charge on any atom is 0.150 e. The molecule has 0 aliphatic carbocycles. The molecule has 0 amide bonds. The summed E-state index contributed by atoms with van der Waals surface area (Å²) in [6.07, 6.45) is 0. The van der Waals surface area contributed by atoms with Gasteiger partial charge in [0.25, 0.3) is 0 Å². The zero-order chi connectivity index (χ0) is 10.8. The van der Waals surface area contributed by atoms with Crippen LogP contribution in [0.15, 0.2) is 40.8 Å². The van der Waals surface area contributed by atoms with Gasteiger partial charge in [-0.15, -0.1) is 0 Å². The second-order valence-corrected chi connectivity index (χ2v) is 3.32. The second kappa shape index (κ2) is 3.61. The Hall–Kier alpha value is -2.03. The molecular formula is C12H9O3-. The van der Waals surface area contributed by atoms with E-state index in [1.165, 1.54) is 6.07 Å². The van der Waals surface area contributed by atoms with Crippen molar-refractivity contribution < 1.29 is 14.3 Å². The molecule has 0 bridgehead atoms. The van der Waals surface area contributed by atoms with Gasteiger partial charge in [0, 0.05) is 5.56 Å². The largest absolute Gasteiger partial charge is 0.542 e. The number of carboxylic acids is 1. The third kappa shape index (κ3) is 1.91. The number of aromatic carboxylic acids is 1. The van der Waals surface area contributed by atoms with E-state index in [2.05, 4.69) is 0 Å². The number of carbonyl (C=O) groups excluding carboxylic acids is 1. The molecule has 3 nitrogen and oxygen atoms in total. The molecule has 15 heavy (non-hydrogen) atoms. The maximum absolute atomic E-state index is 10.5. The Kier molecular flexibility index (Phi) is 2.29. The van der Waals surface area contributed by atoms with Crippen LogP contribution in [-0.2, 0) is 0 Å². The Morgan fingerprint density at radius 1 is 1.13 bits per heavy atom. The number of hydrogen-bond donors (Lipinski definition) is 0. The molecule has 2 aromatic rings. The predicted octanol–water partition coefficient (Wildman–Crippen LogP) is 1.62. The van der Waals surface area contributed by atoms with Gasteiger partial charge >= 0.3 is 0 Å². The quantitative estimate of drug-likeness (QED) is 0.741. The first kappa shape index (κ1) is 9.52. The molecule has 0 fully saturated rings. The van der Waals surface area contributed by atoms with Crippen LogP contribution >= 0.6 is 0 Å². The SMILES string of the molecule is Cc1ccc(-c2ccc(C(=O)[O-])o2)cc1. The van der Waals surface area contributed by atoms with Crippen LogP contribution in [0, 0.1) is 6.92 Å². The average Bonchev–Trinajstić information content (AvgIpc) is 2.68. The Labute approximate surface area is 87.0 Å². The molecule has 0 saturated carbocycles. The van der Waals surface area contributed by atoms with E-state index >= 15 is 0 Å². The van der Waals surface area contributed by atoms with E-state index in [0.29, 0.717) is 5.76 Å². The smallest absolute Gasteiger partial charge is 0.150 e. The normalized spacial score (nSPS) is 10.2. The number of aryl methyl sites for hydroxylation is 1. The highest BCUT2D eigenvalue weighted by Crippen LogP contribution is 2.22. The van der Waals surface area contributed by atoms with E-state index in [9.17, 15) is 9.90 Å². The van der Waals surface area contributed by atoms with Crippen LogP contribution in [0.4, 0.5) is 0 Å². The van der Waals surface area contributed by atoms with Crippen molar-refractivity contribution in [3.8, 4) is 11.3 Å². The molecule has 0 aliphatic rings. The van der Waals surface area contributed by atoms with Gasteiger partial charge in [0.15, 0.2) is 0 Å². The first-order valence-corrected chi connectivity index (χ1v) is 4.55. The summed E-state index contributed by atoms with van der Waals surface area (Å²) >= 11 is 0. The molecule has 0 spiro atoms. The second-order valence-electron chi connectivity index (χ2n) is 3.32. The molecule has 76 valence electrons. The molecule has 1 aromatic heterocycles. The summed E-state index contributed by atoms with van der Waals surface area (Å²) in [5.74, 6) is -0.909. The van der Waals surface area contributed by atoms with Crippen molar-refractivity contribution in [2.24, 2.45) is 0 Å². The van der Waals surface area contributed by atoms with Gasteiger partial charge in [-0.05, 0) is 19.1 Å². The monoisotopic (exact) mass is 201 g/mol. The highest BCUT2D eigenvalue weighted by atomic mass is 16.4. The van der Waals surface area contributed by atoms with E-state index < -0.39 is 5.97 Å². The summed E-state index contributed by atoms with van der Waals surface area (Å²) in [4.78, 5) is 10.5. The zero-order valence-corrected chi connectivity index (χ0v) is 8.19. The molecule has 0 N–H and O–H groups in total. The number of benzene rings is 1. The van der Waals surface area contributed by atoms with Crippen molar-refractivity contribution in [1.29, 1.82) is 0 Å². The third-order valence-corrected chi connectivity index (χ3v) is 2.14. The molecule has 0 aliphatic heterocycles. The van der Waals surface area contributed by atoms with Gasteiger partial charge in [-0.25, -0.2) is 0 Å². The van der Waals surface area contributed by atoms with Crippen molar-refractivity contribution in [2.75, 3.05) is 0 Å². The minimum absolute atomic E-state index is 0.148. The van der Waals surface area contributed by atoms with Crippen LogP contribution in [0.2, 0.25) is 0 Å². The molecule has 3 heteroatoms. The Balaban J connectivity index is 2.37. The van der Waals surface area contributed by atoms with E-state index in [-0.39, 0.29) is 5.76 Å². The van der Waals surface area contributed by atoms with Gasteiger partial charge in [-0.1, -0.05) is 29.8 Å². The molecule has 0 saturated heterocycles. The number of carbonyl (C=O) groups is 1. The molecule has 1 aromatic carbocycles. The highest BCUT2D eigenvalue weighted by molar-refractivity contribution is 5.83. The summed E-state index contributed by atoms with van der Waals surface area (Å²) < 4.78 is 5.11. The Morgan fingerprint density at radius 2 is 1.80 bits per heavy atom. The summed E-state index contributed by atoms with van der Waals surface area (Å²) in [5, 5.41) is 10.5. The van der Waals surface area contributed by atoms with Crippen LogP contribution in [-0.4, -0.2) is 5.97 Å². The molecular weight excluding hydrogens is 192 g/mol. The van der Waals surface area contributed by atoms with Crippen LogP contribution in [0.25, 0.3) is 11.3 Å². The fourth-order valence-corrected chi connectivity index (χ4v) is 1.32. The van der Waals surface area contributed by atoms with E-state index in [1.54, 1.807) is 6.07 Å². The summed E-state index contributed by atoms with van der Waals surface area (Å²) in [6, 6.07) is 10.7. The molecule has 0 atom stereocenters. The summed E-state index contributed by atoms with van der Waals surface area (Å²) in [5.41, 5.74) is 2.00. The van der Waals surface area contributed by atoms with Crippen molar-refractivity contribution >= 4 is 5.97 Å². The van der Waals surface area contributed by atoms with E-state index in [1.807, 2.05) is 31.2 Å². The van der Waals surface area contributed by atoms with Crippen molar-refractivity contribution in [3.63, 3.8) is 0 Å². The van der Waals surface area contributed by atoms with Gasteiger partial charge in [-0.3, -0.25) is 0 Å². The van der Waals surface area contributed by atoms with Gasteiger partial charge in [0.05, 0.1) is 0 Å². The van der Waals surface area contributed by atoms with Gasteiger partial charge in [-0.2, -0.15) is 0 Å². The molecule has 2 rings (SSSR count). The van der Waals surface area contributed by atoms with Crippen LogP contribution in [0.1, 0.15) is 16.1 Å². The lowest BCUT2D eigenvalue weighted by molar-refractivity contribution is -0.257. The number of rotatable bonds is 2. The number of carboxylic acid groups (broad SMARTS) is 1. The van der Waals surface area contributed by atoms with Gasteiger partial charge in [0.1, 0.15) is 17.5 Å². The maximum atomic E-state index is 10.5. The minimum atomic E-state index is -1.30. The summed E-state index contributed by atoms with van der Waals surface area (Å²) in [6.45, 7) is 1.98. The van der Waals surface area contributed by atoms with Crippen LogP contribution in [0.5, 0.6) is 0 Å². The first-order chi connectivity index (χ1) is 7.16. The standard InChI is InChI=1S/C12H10O3/c1-8-2-4-9(5-3-8)10-6-7-11(15-10)12(13)14/h2-7H,1H3,(H,13,14)/p-1. The van der Waals surface area contributed by atoms with Crippen molar-refractivity contribution in [2.45, 2.75) is 6.92 Å². The first-order valence-electron chi connectivity index (χ1n) is 4.55. The van der Waals surface area contributed by atoms with Crippen molar-refractivity contribution in [3.05, 3.63) is 47.7 Å². The molecule has 0 unspecified atom stereocenters. The fraction of sp³-hybridized carbons (Fsp3) is 0.0833. The van der Waals surface area contributed by atoms with E-state index in [0.717, 1.165) is 11.1 Å². The Morgan fingerprint density at radius 3 is 2.33 bits per heavy atom. The zero-order valence-electron chi connectivity index (χ0n) is 8.19.